The molecule has 2 heterocycles. The molecule has 0 atom stereocenters. The van der Waals surface area contributed by atoms with E-state index in [0.717, 1.165) is 39.2 Å². The summed E-state index contributed by atoms with van der Waals surface area (Å²) in [5, 5.41) is 1.09. The molecule has 0 unspecified atom stereocenters. The lowest BCUT2D eigenvalue weighted by Gasteiger charge is -2.12. The molecule has 4 rings (SSSR count). The van der Waals surface area contributed by atoms with Crippen LogP contribution in [-0.2, 0) is 11.3 Å². The zero-order valence-electron chi connectivity index (χ0n) is 16.7. The van der Waals surface area contributed by atoms with E-state index >= 15 is 0 Å². The molecule has 0 radical (unpaired) electrons. The Morgan fingerprint density at radius 2 is 1.79 bits per heavy atom. The van der Waals surface area contributed by atoms with Crippen molar-refractivity contribution < 1.29 is 14.3 Å². The highest BCUT2D eigenvalue weighted by Crippen LogP contribution is 2.33. The number of rotatable bonds is 5. The molecule has 0 spiro atoms. The Morgan fingerprint density at radius 3 is 2.52 bits per heavy atom. The van der Waals surface area contributed by atoms with Crippen molar-refractivity contribution in [3.8, 4) is 17.0 Å². The summed E-state index contributed by atoms with van der Waals surface area (Å²) in [7, 11) is 3.05. The average Bonchev–Trinajstić information content (AvgIpc) is 3.10. The fourth-order valence-electron chi connectivity index (χ4n) is 3.58. The van der Waals surface area contributed by atoms with Crippen LogP contribution in [0.5, 0.6) is 5.75 Å². The van der Waals surface area contributed by atoms with Crippen molar-refractivity contribution in [2.24, 2.45) is 0 Å². The van der Waals surface area contributed by atoms with Crippen molar-refractivity contribution >= 4 is 16.9 Å². The monoisotopic (exact) mass is 386 g/mol. The Hall–Kier alpha value is -3.60. The van der Waals surface area contributed by atoms with Crippen molar-refractivity contribution in [1.82, 2.24) is 9.55 Å². The molecule has 5 heteroatoms. The minimum Gasteiger partial charge on any atom is -0.496 e. The van der Waals surface area contributed by atoms with Crippen LogP contribution in [0.4, 0.5) is 0 Å². The number of pyridine rings is 1. The molecule has 0 bridgehead atoms. The third kappa shape index (κ3) is 3.59. The van der Waals surface area contributed by atoms with Crippen LogP contribution >= 0.6 is 0 Å². The third-order valence-electron chi connectivity index (χ3n) is 5.01. The predicted molar refractivity (Wildman–Crippen MR) is 113 cm³/mol. The maximum absolute atomic E-state index is 11.9. The van der Waals surface area contributed by atoms with Gasteiger partial charge in [-0.05, 0) is 48.4 Å². The van der Waals surface area contributed by atoms with Gasteiger partial charge in [-0.25, -0.2) is 9.78 Å². The molecular formula is C24H22N2O3. The summed E-state index contributed by atoms with van der Waals surface area (Å²) in [5.41, 5.74) is 5.45. The molecule has 0 N–H and O–H groups in total. The molecule has 2 aromatic carbocycles. The van der Waals surface area contributed by atoms with E-state index in [9.17, 15) is 4.79 Å². The number of methoxy groups -OCH3 is 2. The van der Waals surface area contributed by atoms with Crippen LogP contribution in [0.1, 0.15) is 21.7 Å². The van der Waals surface area contributed by atoms with E-state index < -0.39 is 5.97 Å². The molecule has 0 aliphatic rings. The van der Waals surface area contributed by atoms with Crippen LogP contribution in [-0.4, -0.2) is 29.7 Å². The van der Waals surface area contributed by atoms with Crippen molar-refractivity contribution in [3.05, 3.63) is 83.7 Å². The van der Waals surface area contributed by atoms with E-state index in [1.807, 2.05) is 37.3 Å². The number of nitrogens with zero attached hydrogens (tertiary/aromatic N) is 2. The Kier molecular flexibility index (Phi) is 5.04. The zero-order chi connectivity index (χ0) is 20.4. The van der Waals surface area contributed by atoms with E-state index in [-0.39, 0.29) is 0 Å². The second-order valence-electron chi connectivity index (χ2n) is 6.87. The summed E-state index contributed by atoms with van der Waals surface area (Å²) >= 11 is 0. The van der Waals surface area contributed by atoms with Crippen molar-refractivity contribution in [2.75, 3.05) is 14.2 Å². The fourth-order valence-corrected chi connectivity index (χ4v) is 3.58. The van der Waals surface area contributed by atoms with Crippen LogP contribution in [0.2, 0.25) is 0 Å². The second-order valence-corrected chi connectivity index (χ2v) is 6.87. The Labute approximate surface area is 169 Å². The highest BCUT2D eigenvalue weighted by Gasteiger charge is 2.15. The van der Waals surface area contributed by atoms with Gasteiger partial charge in [0.25, 0.3) is 0 Å². The standard InChI is InChI=1S/C24H22N2O3/c1-16-12-21-18(14-23(16)28-2)13-22(17-8-5-4-6-9-17)26(21)15-19-10-7-11-20(25-19)24(27)29-3/h4-14H,15H2,1-3H3. The summed E-state index contributed by atoms with van der Waals surface area (Å²) in [5.74, 6) is 0.424. The normalized spacial score (nSPS) is 10.9. The number of aromatic nitrogens is 2. The van der Waals surface area contributed by atoms with Gasteiger partial charge in [-0.3, -0.25) is 0 Å². The van der Waals surface area contributed by atoms with Gasteiger partial charge in [0, 0.05) is 16.6 Å². The number of hydrogen-bond donors (Lipinski definition) is 0. The largest absolute Gasteiger partial charge is 0.496 e. The maximum atomic E-state index is 11.9. The molecular weight excluding hydrogens is 364 g/mol. The van der Waals surface area contributed by atoms with Gasteiger partial charge >= 0.3 is 5.97 Å². The lowest BCUT2D eigenvalue weighted by molar-refractivity contribution is 0.0593. The summed E-state index contributed by atoms with van der Waals surface area (Å²) in [6.45, 7) is 2.57. The van der Waals surface area contributed by atoms with Crippen LogP contribution < -0.4 is 4.74 Å². The first-order valence-electron chi connectivity index (χ1n) is 9.38. The van der Waals surface area contributed by atoms with Gasteiger partial charge in [-0.15, -0.1) is 0 Å². The van der Waals surface area contributed by atoms with E-state index in [2.05, 4.69) is 39.9 Å². The second kappa shape index (κ2) is 7.80. The Morgan fingerprint density at radius 1 is 1.00 bits per heavy atom. The number of carbonyl (C=O) groups is 1. The van der Waals surface area contributed by atoms with Crippen LogP contribution in [0.3, 0.4) is 0 Å². The summed E-state index contributed by atoms with van der Waals surface area (Å²) in [4.78, 5) is 16.4. The molecule has 146 valence electrons. The summed E-state index contributed by atoms with van der Waals surface area (Å²) in [6, 6.07) is 22.0. The Bertz CT molecular complexity index is 1180. The van der Waals surface area contributed by atoms with E-state index in [1.54, 1.807) is 13.2 Å². The first kappa shape index (κ1) is 18.7. The summed E-state index contributed by atoms with van der Waals surface area (Å²) in [6.07, 6.45) is 0. The molecule has 0 amide bonds. The fraction of sp³-hybridized carbons (Fsp3) is 0.167. The lowest BCUT2D eigenvalue weighted by atomic mass is 10.1. The van der Waals surface area contributed by atoms with Crippen LogP contribution in [0, 0.1) is 6.92 Å². The summed E-state index contributed by atoms with van der Waals surface area (Å²) < 4.78 is 12.5. The minimum atomic E-state index is -0.437. The molecule has 4 aromatic rings. The Balaban J connectivity index is 1.88. The minimum absolute atomic E-state index is 0.306. The molecule has 0 aliphatic heterocycles. The van der Waals surface area contributed by atoms with Crippen LogP contribution in [0.25, 0.3) is 22.2 Å². The van der Waals surface area contributed by atoms with E-state index in [0.29, 0.717) is 12.2 Å². The number of carbonyl (C=O) groups excluding carboxylic acids is 1. The van der Waals surface area contributed by atoms with Crippen molar-refractivity contribution in [1.29, 1.82) is 0 Å². The number of benzene rings is 2. The molecule has 29 heavy (non-hydrogen) atoms. The van der Waals surface area contributed by atoms with Gasteiger partial charge in [0.05, 0.1) is 26.5 Å². The van der Waals surface area contributed by atoms with E-state index in [1.165, 1.54) is 7.11 Å². The maximum Gasteiger partial charge on any atom is 0.356 e. The molecule has 0 fully saturated rings. The number of ether oxygens (including phenoxy) is 2. The molecule has 0 saturated heterocycles. The molecule has 2 aromatic heterocycles. The predicted octanol–water partition coefficient (Wildman–Crippen LogP) is 4.86. The first-order chi connectivity index (χ1) is 14.1. The first-order valence-corrected chi connectivity index (χ1v) is 9.38. The zero-order valence-corrected chi connectivity index (χ0v) is 16.7. The van der Waals surface area contributed by atoms with Gasteiger partial charge in [-0.2, -0.15) is 0 Å². The highest BCUT2D eigenvalue weighted by atomic mass is 16.5. The highest BCUT2D eigenvalue weighted by molar-refractivity contribution is 5.89. The quantitative estimate of drug-likeness (QED) is 0.460. The van der Waals surface area contributed by atoms with Gasteiger partial charge in [-0.1, -0.05) is 36.4 Å². The van der Waals surface area contributed by atoms with Crippen LogP contribution in [0.15, 0.2) is 66.7 Å². The average molecular weight is 386 g/mol. The smallest absolute Gasteiger partial charge is 0.356 e. The molecule has 0 aliphatic carbocycles. The third-order valence-corrected chi connectivity index (χ3v) is 5.01. The van der Waals surface area contributed by atoms with Gasteiger partial charge in [0.1, 0.15) is 11.4 Å². The van der Waals surface area contributed by atoms with Crippen molar-refractivity contribution in [2.45, 2.75) is 13.5 Å². The lowest BCUT2D eigenvalue weighted by Crippen LogP contribution is -2.09. The molecule has 5 nitrogen and oxygen atoms in total. The van der Waals surface area contributed by atoms with Gasteiger partial charge < -0.3 is 14.0 Å². The van der Waals surface area contributed by atoms with Crippen molar-refractivity contribution in [3.63, 3.8) is 0 Å². The van der Waals surface area contributed by atoms with Gasteiger partial charge in [0.2, 0.25) is 0 Å². The number of aryl methyl sites for hydroxylation is 1. The number of esters is 1. The SMILES string of the molecule is COC(=O)c1cccc(Cn2c(-c3ccccc3)cc3cc(OC)c(C)cc32)n1. The molecule has 0 saturated carbocycles. The van der Waals surface area contributed by atoms with Gasteiger partial charge in [0.15, 0.2) is 0 Å². The topological polar surface area (TPSA) is 53.4 Å². The number of hydrogen-bond acceptors (Lipinski definition) is 4. The number of fused-ring (bicyclic) bond motifs is 1. The van der Waals surface area contributed by atoms with E-state index in [4.69, 9.17) is 9.47 Å².